The lowest BCUT2D eigenvalue weighted by atomic mass is 10.2. The second-order valence-corrected chi connectivity index (χ2v) is 6.70. The lowest BCUT2D eigenvalue weighted by Crippen LogP contribution is -2.20. The van der Waals surface area contributed by atoms with Gasteiger partial charge in [-0.3, -0.25) is 4.90 Å². The Morgan fingerprint density at radius 3 is 2.76 bits per heavy atom. The minimum Gasteiger partial charge on any atom is -0.358 e. The van der Waals surface area contributed by atoms with Gasteiger partial charge in [-0.05, 0) is 45.3 Å². The van der Waals surface area contributed by atoms with E-state index < -0.39 is 0 Å². The molecule has 0 radical (unpaired) electrons. The number of hydrogen-bond acceptors (Lipinski definition) is 5. The summed E-state index contributed by atoms with van der Waals surface area (Å²) in [6.45, 7) is 7.87. The predicted molar refractivity (Wildman–Crippen MR) is 88.7 cm³/mol. The van der Waals surface area contributed by atoms with Gasteiger partial charge in [-0.25, -0.2) is 9.97 Å². The first-order chi connectivity index (χ1) is 10.2. The summed E-state index contributed by atoms with van der Waals surface area (Å²) < 4.78 is 0. The Morgan fingerprint density at radius 2 is 2.05 bits per heavy atom. The van der Waals surface area contributed by atoms with Crippen LogP contribution in [0.1, 0.15) is 29.1 Å². The highest BCUT2D eigenvalue weighted by molar-refractivity contribution is 7.18. The number of nitrogens with zero attached hydrogens (tertiary/aromatic N) is 3. The van der Waals surface area contributed by atoms with E-state index in [2.05, 4.69) is 30.0 Å². The van der Waals surface area contributed by atoms with Gasteiger partial charge >= 0.3 is 0 Å². The number of nitrogens with one attached hydrogen (secondary N) is 1. The molecule has 0 unspecified atom stereocenters. The lowest BCUT2D eigenvalue weighted by Gasteiger charge is -2.14. The zero-order valence-electron chi connectivity index (χ0n) is 12.6. The highest BCUT2D eigenvalue weighted by Crippen LogP contribution is 2.33. The maximum atomic E-state index is 5.37. The van der Waals surface area contributed by atoms with E-state index in [1.807, 2.05) is 0 Å². The molecule has 0 amide bonds. The van der Waals surface area contributed by atoms with Crippen LogP contribution in [0.3, 0.4) is 0 Å². The Balaban J connectivity index is 1.99. The second-order valence-electron chi connectivity index (χ2n) is 5.49. The molecule has 0 atom stereocenters. The van der Waals surface area contributed by atoms with Gasteiger partial charge in [0.1, 0.15) is 16.5 Å². The number of rotatable bonds is 4. The molecule has 1 saturated heterocycles. The molecule has 0 bridgehead atoms. The Kier molecular flexibility index (Phi) is 4.09. The summed E-state index contributed by atoms with van der Waals surface area (Å²) in [4.78, 5) is 14.3. The van der Waals surface area contributed by atoms with Crippen LogP contribution in [0.4, 0.5) is 5.82 Å². The SMILES string of the molecule is C#CCNc1nc(CN2CCCC2)nc2sc(C)c(C)c12. The largest absolute Gasteiger partial charge is 0.358 e. The molecule has 0 aromatic carbocycles. The lowest BCUT2D eigenvalue weighted by molar-refractivity contribution is 0.323. The van der Waals surface area contributed by atoms with E-state index in [0.717, 1.165) is 41.5 Å². The maximum absolute atomic E-state index is 5.37. The smallest absolute Gasteiger partial charge is 0.146 e. The molecular formula is C16H20N4S. The van der Waals surface area contributed by atoms with Gasteiger partial charge in [0.15, 0.2) is 0 Å². The number of likely N-dealkylation sites (tertiary alicyclic amines) is 1. The number of aromatic nitrogens is 2. The molecule has 0 spiro atoms. The standard InChI is InChI=1S/C16H20N4S/c1-4-7-17-15-14-11(2)12(3)21-16(14)19-13(18-15)10-20-8-5-6-9-20/h1H,5-10H2,2-3H3,(H,17,18,19). The molecule has 110 valence electrons. The summed E-state index contributed by atoms with van der Waals surface area (Å²) in [6, 6.07) is 0. The number of fused-ring (bicyclic) bond motifs is 1. The van der Waals surface area contributed by atoms with Crippen molar-refractivity contribution in [1.29, 1.82) is 0 Å². The number of thiophene rings is 1. The minimum absolute atomic E-state index is 0.490. The first-order valence-electron chi connectivity index (χ1n) is 7.35. The zero-order chi connectivity index (χ0) is 14.8. The van der Waals surface area contributed by atoms with Gasteiger partial charge in [0.25, 0.3) is 0 Å². The summed E-state index contributed by atoms with van der Waals surface area (Å²) in [5.74, 6) is 4.40. The summed E-state index contributed by atoms with van der Waals surface area (Å²) in [5, 5.41) is 4.38. The van der Waals surface area contributed by atoms with E-state index in [0.29, 0.717) is 6.54 Å². The molecule has 3 heterocycles. The molecular weight excluding hydrogens is 280 g/mol. The monoisotopic (exact) mass is 300 g/mol. The van der Waals surface area contributed by atoms with Gasteiger partial charge in [-0.15, -0.1) is 17.8 Å². The molecule has 1 fully saturated rings. The van der Waals surface area contributed by atoms with E-state index in [9.17, 15) is 0 Å². The van der Waals surface area contributed by atoms with Crippen LogP contribution in [0, 0.1) is 26.2 Å². The number of terminal acetylenes is 1. The van der Waals surface area contributed by atoms with E-state index in [1.54, 1.807) is 11.3 Å². The van der Waals surface area contributed by atoms with Crippen molar-refractivity contribution in [2.24, 2.45) is 0 Å². The van der Waals surface area contributed by atoms with Crippen LogP contribution in [-0.2, 0) is 6.54 Å². The molecule has 2 aromatic rings. The highest BCUT2D eigenvalue weighted by atomic mass is 32.1. The topological polar surface area (TPSA) is 41.1 Å². The third kappa shape index (κ3) is 2.87. The first kappa shape index (κ1) is 14.3. The average molecular weight is 300 g/mol. The first-order valence-corrected chi connectivity index (χ1v) is 8.17. The van der Waals surface area contributed by atoms with E-state index >= 15 is 0 Å². The van der Waals surface area contributed by atoms with Gasteiger partial charge in [-0.1, -0.05) is 5.92 Å². The third-order valence-corrected chi connectivity index (χ3v) is 5.10. The van der Waals surface area contributed by atoms with Gasteiger partial charge in [0.2, 0.25) is 0 Å². The van der Waals surface area contributed by atoms with Gasteiger partial charge < -0.3 is 5.32 Å². The van der Waals surface area contributed by atoms with Crippen molar-refractivity contribution in [1.82, 2.24) is 14.9 Å². The van der Waals surface area contributed by atoms with Crippen LogP contribution in [0.5, 0.6) is 0 Å². The summed E-state index contributed by atoms with van der Waals surface area (Å²) >= 11 is 1.74. The zero-order valence-corrected chi connectivity index (χ0v) is 13.4. The van der Waals surface area contributed by atoms with Crippen molar-refractivity contribution in [3.8, 4) is 12.3 Å². The van der Waals surface area contributed by atoms with Crippen LogP contribution in [0.2, 0.25) is 0 Å². The molecule has 1 aliphatic rings. The Bertz CT molecular complexity index is 692. The second kappa shape index (κ2) is 6.00. The molecule has 1 aliphatic heterocycles. The van der Waals surface area contributed by atoms with Gasteiger partial charge in [0.05, 0.1) is 18.5 Å². The van der Waals surface area contributed by atoms with Crippen LogP contribution in [0.15, 0.2) is 0 Å². The van der Waals surface area contributed by atoms with E-state index in [4.69, 9.17) is 16.4 Å². The normalized spacial score (nSPS) is 15.5. The highest BCUT2D eigenvalue weighted by Gasteiger charge is 2.17. The fraction of sp³-hybridized carbons (Fsp3) is 0.500. The summed E-state index contributed by atoms with van der Waals surface area (Å²) in [7, 11) is 0. The average Bonchev–Trinajstić information content (AvgIpc) is 3.06. The van der Waals surface area contributed by atoms with Crippen LogP contribution in [0.25, 0.3) is 10.2 Å². The van der Waals surface area contributed by atoms with Gasteiger partial charge in [-0.2, -0.15) is 0 Å². The number of aryl methyl sites for hydroxylation is 2. The number of anilines is 1. The van der Waals surface area contributed by atoms with Crippen molar-refractivity contribution in [3.05, 3.63) is 16.3 Å². The minimum atomic E-state index is 0.490. The predicted octanol–water partition coefficient (Wildman–Crippen LogP) is 2.95. The van der Waals surface area contributed by atoms with E-state index in [-0.39, 0.29) is 0 Å². The fourth-order valence-electron chi connectivity index (χ4n) is 2.77. The molecule has 0 aliphatic carbocycles. The third-order valence-electron chi connectivity index (χ3n) is 4.00. The van der Waals surface area contributed by atoms with E-state index in [1.165, 1.54) is 23.3 Å². The molecule has 21 heavy (non-hydrogen) atoms. The number of hydrogen-bond donors (Lipinski definition) is 1. The molecule has 0 saturated carbocycles. The van der Waals surface area contributed by atoms with Crippen LogP contribution >= 0.6 is 11.3 Å². The van der Waals surface area contributed by atoms with Crippen LogP contribution in [-0.4, -0.2) is 34.5 Å². The Labute approximate surface area is 129 Å². The van der Waals surface area contributed by atoms with Crippen molar-refractivity contribution in [2.45, 2.75) is 33.2 Å². The summed E-state index contributed by atoms with van der Waals surface area (Å²) in [5.41, 5.74) is 1.25. The Morgan fingerprint density at radius 1 is 1.29 bits per heavy atom. The van der Waals surface area contributed by atoms with Crippen molar-refractivity contribution >= 4 is 27.4 Å². The van der Waals surface area contributed by atoms with Gasteiger partial charge in [0, 0.05) is 4.88 Å². The maximum Gasteiger partial charge on any atom is 0.146 e. The van der Waals surface area contributed by atoms with Crippen LogP contribution < -0.4 is 5.32 Å². The molecule has 1 N–H and O–H groups in total. The summed E-state index contributed by atoms with van der Waals surface area (Å²) in [6.07, 6.45) is 7.93. The molecule has 5 heteroatoms. The molecule has 3 rings (SSSR count). The Hall–Kier alpha value is -1.64. The van der Waals surface area contributed by atoms with Crippen molar-refractivity contribution < 1.29 is 0 Å². The van der Waals surface area contributed by atoms with Crippen molar-refractivity contribution in [3.63, 3.8) is 0 Å². The quantitative estimate of drug-likeness (QED) is 0.882. The molecule has 4 nitrogen and oxygen atoms in total. The molecule has 2 aromatic heterocycles. The van der Waals surface area contributed by atoms with Crippen molar-refractivity contribution in [2.75, 3.05) is 25.0 Å². The fourth-order valence-corrected chi connectivity index (χ4v) is 3.82.